The van der Waals surface area contributed by atoms with E-state index in [2.05, 4.69) is 15.4 Å². The van der Waals surface area contributed by atoms with Gasteiger partial charge in [0.2, 0.25) is 0 Å². The van der Waals surface area contributed by atoms with Crippen molar-refractivity contribution < 1.29 is 4.79 Å². The van der Waals surface area contributed by atoms with Crippen LogP contribution in [0.25, 0.3) is 16.6 Å². The lowest BCUT2D eigenvalue weighted by Gasteiger charge is -2.11. The highest BCUT2D eigenvalue weighted by Crippen LogP contribution is 2.30. The first-order chi connectivity index (χ1) is 14.1. The zero-order chi connectivity index (χ0) is 20.0. The molecule has 2 aromatic carbocycles. The summed E-state index contributed by atoms with van der Waals surface area (Å²) in [7, 11) is 0. The number of nitrogens with zero attached hydrogens (tertiary/aromatic N) is 2. The van der Waals surface area contributed by atoms with Crippen molar-refractivity contribution >= 4 is 22.5 Å². The van der Waals surface area contributed by atoms with Crippen LogP contribution in [0.3, 0.4) is 0 Å². The molecule has 146 valence electrons. The molecule has 0 fully saturated rings. The molecule has 0 unspecified atom stereocenters. The molecule has 1 aliphatic carbocycles. The number of anilines is 1. The van der Waals surface area contributed by atoms with E-state index in [-0.39, 0.29) is 5.91 Å². The lowest BCUT2D eigenvalue weighted by atomic mass is 9.95. The zero-order valence-corrected chi connectivity index (χ0v) is 16.7. The maximum Gasteiger partial charge on any atom is 0.255 e. The number of hydrogen-bond acceptors (Lipinski definition) is 2. The summed E-state index contributed by atoms with van der Waals surface area (Å²) in [5.41, 5.74) is 7.99. The number of rotatable bonds is 3. The maximum atomic E-state index is 13.0. The van der Waals surface area contributed by atoms with Crippen LogP contribution >= 0.6 is 0 Å². The molecule has 2 aromatic heterocycles. The number of aromatic nitrogens is 3. The van der Waals surface area contributed by atoms with Gasteiger partial charge in [0, 0.05) is 22.2 Å². The second kappa shape index (κ2) is 6.92. The summed E-state index contributed by atoms with van der Waals surface area (Å²) in [5.74, 6) is -0.100. The van der Waals surface area contributed by atoms with Crippen LogP contribution in [0.15, 0.2) is 48.5 Å². The van der Waals surface area contributed by atoms with Gasteiger partial charge in [0.25, 0.3) is 5.91 Å². The van der Waals surface area contributed by atoms with Crippen molar-refractivity contribution in [1.29, 1.82) is 0 Å². The Morgan fingerprint density at radius 3 is 2.69 bits per heavy atom. The molecule has 0 saturated heterocycles. The standard InChI is InChI=1S/C24H24N4O/c1-15-23(16(2)28(27-15)18-8-4-3-5-9-18)26-24(29)17-12-13-22-20(14-17)19-10-6-7-11-21(19)25-22/h3-5,8-9,12-14,25H,6-7,10-11H2,1-2H3,(H,26,29). The van der Waals surface area contributed by atoms with Crippen molar-refractivity contribution in [2.24, 2.45) is 0 Å². The molecule has 0 bridgehead atoms. The minimum Gasteiger partial charge on any atom is -0.358 e. The van der Waals surface area contributed by atoms with Crippen molar-refractivity contribution in [3.05, 3.63) is 76.7 Å². The van der Waals surface area contributed by atoms with Crippen LogP contribution in [0.2, 0.25) is 0 Å². The molecule has 0 saturated carbocycles. The fraction of sp³-hybridized carbons (Fsp3) is 0.250. The molecule has 0 radical (unpaired) electrons. The molecule has 2 heterocycles. The lowest BCUT2D eigenvalue weighted by Crippen LogP contribution is -2.13. The minimum absolute atomic E-state index is 0.100. The van der Waals surface area contributed by atoms with Crippen LogP contribution in [0.5, 0.6) is 0 Å². The van der Waals surface area contributed by atoms with Crippen molar-refractivity contribution in [3.8, 4) is 5.69 Å². The SMILES string of the molecule is Cc1nn(-c2ccccc2)c(C)c1NC(=O)c1ccc2[nH]c3c(c2c1)CCCC3. The number of aryl methyl sites for hydroxylation is 3. The Morgan fingerprint density at radius 2 is 1.86 bits per heavy atom. The van der Waals surface area contributed by atoms with E-state index in [0.29, 0.717) is 5.56 Å². The van der Waals surface area contributed by atoms with Gasteiger partial charge in [-0.3, -0.25) is 4.79 Å². The van der Waals surface area contributed by atoms with Gasteiger partial charge in [-0.25, -0.2) is 4.68 Å². The van der Waals surface area contributed by atoms with Gasteiger partial charge < -0.3 is 10.3 Å². The summed E-state index contributed by atoms with van der Waals surface area (Å²) in [6.07, 6.45) is 4.63. The largest absolute Gasteiger partial charge is 0.358 e. The van der Waals surface area contributed by atoms with Crippen LogP contribution in [-0.2, 0) is 12.8 Å². The van der Waals surface area contributed by atoms with Gasteiger partial charge in [0.05, 0.1) is 22.8 Å². The molecule has 1 aliphatic rings. The van der Waals surface area contributed by atoms with E-state index in [0.717, 1.165) is 41.1 Å². The highest BCUT2D eigenvalue weighted by atomic mass is 16.1. The number of amides is 1. The van der Waals surface area contributed by atoms with E-state index in [1.165, 1.54) is 29.5 Å². The van der Waals surface area contributed by atoms with E-state index in [1.54, 1.807) is 0 Å². The highest BCUT2D eigenvalue weighted by Gasteiger charge is 2.19. The molecule has 2 N–H and O–H groups in total. The molecular weight excluding hydrogens is 360 g/mol. The van der Waals surface area contributed by atoms with Crippen molar-refractivity contribution in [3.63, 3.8) is 0 Å². The molecule has 0 spiro atoms. The van der Waals surface area contributed by atoms with Gasteiger partial charge in [0.15, 0.2) is 0 Å². The van der Waals surface area contributed by atoms with Gasteiger partial charge in [-0.1, -0.05) is 18.2 Å². The summed E-state index contributed by atoms with van der Waals surface area (Å²) >= 11 is 0. The van der Waals surface area contributed by atoms with Gasteiger partial charge >= 0.3 is 0 Å². The summed E-state index contributed by atoms with van der Waals surface area (Å²) in [5, 5.41) is 8.89. The van der Waals surface area contributed by atoms with E-state index in [1.807, 2.05) is 67.1 Å². The first-order valence-electron chi connectivity index (χ1n) is 10.2. The van der Waals surface area contributed by atoms with Gasteiger partial charge in [-0.05, 0) is 75.4 Å². The fourth-order valence-corrected chi connectivity index (χ4v) is 4.38. The number of benzene rings is 2. The average molecular weight is 384 g/mol. The molecule has 5 heteroatoms. The molecule has 0 atom stereocenters. The van der Waals surface area contributed by atoms with Crippen molar-refractivity contribution in [1.82, 2.24) is 14.8 Å². The first-order valence-corrected chi connectivity index (χ1v) is 10.2. The Kier molecular flexibility index (Phi) is 4.23. The maximum absolute atomic E-state index is 13.0. The second-order valence-corrected chi connectivity index (χ2v) is 7.80. The topological polar surface area (TPSA) is 62.7 Å². The number of carbonyl (C=O) groups is 1. The first kappa shape index (κ1) is 17.7. The van der Waals surface area contributed by atoms with Crippen LogP contribution in [0, 0.1) is 13.8 Å². The third kappa shape index (κ3) is 3.03. The van der Waals surface area contributed by atoms with Crippen LogP contribution in [-0.4, -0.2) is 20.7 Å². The number of carbonyl (C=O) groups excluding carboxylic acids is 1. The van der Waals surface area contributed by atoms with Crippen molar-refractivity contribution in [2.75, 3.05) is 5.32 Å². The quantitative estimate of drug-likeness (QED) is 0.516. The average Bonchev–Trinajstić information content (AvgIpc) is 3.26. The minimum atomic E-state index is -0.100. The van der Waals surface area contributed by atoms with Crippen molar-refractivity contribution in [2.45, 2.75) is 39.5 Å². The molecule has 0 aliphatic heterocycles. The third-order valence-corrected chi connectivity index (χ3v) is 5.89. The van der Waals surface area contributed by atoms with Crippen LogP contribution < -0.4 is 5.32 Å². The van der Waals surface area contributed by atoms with Gasteiger partial charge in [-0.15, -0.1) is 0 Å². The Balaban J connectivity index is 1.47. The number of fused-ring (bicyclic) bond motifs is 3. The monoisotopic (exact) mass is 384 g/mol. The molecule has 5 rings (SSSR count). The second-order valence-electron chi connectivity index (χ2n) is 7.80. The van der Waals surface area contributed by atoms with Crippen LogP contribution in [0.4, 0.5) is 5.69 Å². The predicted octanol–water partition coefficient (Wildman–Crippen LogP) is 5.10. The Bertz CT molecular complexity index is 1220. The van der Waals surface area contributed by atoms with E-state index >= 15 is 0 Å². The number of para-hydroxylation sites is 1. The van der Waals surface area contributed by atoms with E-state index in [4.69, 9.17) is 0 Å². The Morgan fingerprint density at radius 1 is 1.07 bits per heavy atom. The highest BCUT2D eigenvalue weighted by molar-refractivity contribution is 6.07. The molecule has 4 aromatic rings. The summed E-state index contributed by atoms with van der Waals surface area (Å²) < 4.78 is 1.87. The number of H-pyrrole nitrogens is 1. The van der Waals surface area contributed by atoms with Crippen LogP contribution in [0.1, 0.15) is 45.8 Å². The molecule has 5 nitrogen and oxygen atoms in total. The third-order valence-electron chi connectivity index (χ3n) is 5.89. The summed E-state index contributed by atoms with van der Waals surface area (Å²) in [6, 6.07) is 15.9. The smallest absolute Gasteiger partial charge is 0.255 e. The van der Waals surface area contributed by atoms with E-state index < -0.39 is 0 Å². The van der Waals surface area contributed by atoms with E-state index in [9.17, 15) is 4.79 Å². The zero-order valence-electron chi connectivity index (χ0n) is 16.7. The molecule has 1 amide bonds. The number of nitrogens with one attached hydrogen (secondary N) is 2. The predicted molar refractivity (Wildman–Crippen MR) is 116 cm³/mol. The lowest BCUT2D eigenvalue weighted by molar-refractivity contribution is 0.102. The summed E-state index contributed by atoms with van der Waals surface area (Å²) in [4.78, 5) is 16.6. The Hall–Kier alpha value is -3.34. The molecular formula is C24H24N4O. The number of hydrogen-bond donors (Lipinski definition) is 2. The fourth-order valence-electron chi connectivity index (χ4n) is 4.38. The molecule has 29 heavy (non-hydrogen) atoms. The van der Waals surface area contributed by atoms with Gasteiger partial charge in [-0.2, -0.15) is 5.10 Å². The van der Waals surface area contributed by atoms with Gasteiger partial charge in [0.1, 0.15) is 0 Å². The Labute approximate surface area is 169 Å². The normalized spacial score (nSPS) is 13.4. The summed E-state index contributed by atoms with van der Waals surface area (Å²) in [6.45, 7) is 3.90. The number of aromatic amines is 1.